The normalized spacial score (nSPS) is 20.4. The molecule has 0 radical (unpaired) electrons. The summed E-state index contributed by atoms with van der Waals surface area (Å²) in [6.07, 6.45) is 9.60. The Labute approximate surface area is 164 Å². The third-order valence-corrected chi connectivity index (χ3v) is 4.97. The first-order valence-corrected chi connectivity index (χ1v) is 9.32. The van der Waals surface area contributed by atoms with Crippen molar-refractivity contribution in [1.82, 2.24) is 10.6 Å². The van der Waals surface area contributed by atoms with E-state index >= 15 is 0 Å². The van der Waals surface area contributed by atoms with Crippen molar-refractivity contribution in [2.24, 2.45) is 11.8 Å². The quantitative estimate of drug-likeness (QED) is 0.570. The fraction of sp³-hybridized carbons (Fsp3) is 0.273. The van der Waals surface area contributed by atoms with Crippen LogP contribution in [0.5, 0.6) is 5.75 Å². The first-order valence-electron chi connectivity index (χ1n) is 9.32. The lowest BCUT2D eigenvalue weighted by Gasteiger charge is -2.29. The predicted molar refractivity (Wildman–Crippen MR) is 107 cm³/mol. The van der Waals surface area contributed by atoms with Crippen LogP contribution >= 0.6 is 0 Å². The minimum Gasteiger partial charge on any atom is -0.508 e. The summed E-state index contributed by atoms with van der Waals surface area (Å²) < 4.78 is 0. The molecule has 6 heteroatoms. The Morgan fingerprint density at radius 1 is 1.00 bits per heavy atom. The van der Waals surface area contributed by atoms with E-state index in [-0.39, 0.29) is 35.2 Å². The molecule has 6 nitrogen and oxygen atoms in total. The van der Waals surface area contributed by atoms with Gasteiger partial charge >= 0.3 is 0 Å². The average Bonchev–Trinajstić information content (AvgIpc) is 2.68. The van der Waals surface area contributed by atoms with E-state index in [1.54, 1.807) is 30.4 Å². The monoisotopic (exact) mass is 380 g/mol. The summed E-state index contributed by atoms with van der Waals surface area (Å²) in [6.45, 7) is 2.89. The number of nitrogens with one attached hydrogen (secondary N) is 2. The number of aromatic hydroxyl groups is 1. The first kappa shape index (κ1) is 19.5. The molecular weight excluding hydrogens is 356 g/mol. The topological polar surface area (TPSA) is 98.7 Å². The van der Waals surface area contributed by atoms with Crippen LogP contribution in [-0.2, 0) is 4.79 Å². The molecule has 1 aromatic rings. The van der Waals surface area contributed by atoms with Crippen LogP contribution in [0.3, 0.4) is 0 Å². The van der Waals surface area contributed by atoms with Crippen molar-refractivity contribution in [3.05, 3.63) is 77.1 Å². The second kappa shape index (κ2) is 8.61. The molecule has 0 saturated carbocycles. The molecular formula is C22H24N2O4. The number of allylic oxidation sites excluding steroid dienone is 6. The highest BCUT2D eigenvalue weighted by Crippen LogP contribution is 2.35. The number of aliphatic hydroxyl groups excluding tert-OH is 1. The maximum atomic E-state index is 12.5. The number of carbonyl (C=O) groups is 2. The van der Waals surface area contributed by atoms with Gasteiger partial charge < -0.3 is 20.8 Å². The fourth-order valence-electron chi connectivity index (χ4n) is 3.37. The van der Waals surface area contributed by atoms with Crippen LogP contribution in [0.25, 0.3) is 0 Å². The summed E-state index contributed by atoms with van der Waals surface area (Å²) in [4.78, 5) is 24.5. The van der Waals surface area contributed by atoms with Gasteiger partial charge in [-0.05, 0) is 54.3 Å². The van der Waals surface area contributed by atoms with Crippen LogP contribution < -0.4 is 10.6 Å². The maximum Gasteiger partial charge on any atom is 0.251 e. The van der Waals surface area contributed by atoms with Crippen LogP contribution in [0.1, 0.15) is 23.7 Å². The van der Waals surface area contributed by atoms with Crippen LogP contribution in [0.4, 0.5) is 0 Å². The van der Waals surface area contributed by atoms with Crippen molar-refractivity contribution in [3.8, 4) is 5.75 Å². The second-order valence-corrected chi connectivity index (χ2v) is 6.94. The van der Waals surface area contributed by atoms with E-state index in [2.05, 4.69) is 10.6 Å². The summed E-state index contributed by atoms with van der Waals surface area (Å²) in [5.74, 6) is 0.128. The number of phenols is 1. The third kappa shape index (κ3) is 4.52. The van der Waals surface area contributed by atoms with Crippen molar-refractivity contribution in [3.63, 3.8) is 0 Å². The molecule has 28 heavy (non-hydrogen) atoms. The Hall–Kier alpha value is -3.28. The van der Waals surface area contributed by atoms with Crippen molar-refractivity contribution in [2.75, 3.05) is 13.1 Å². The van der Waals surface area contributed by atoms with Gasteiger partial charge in [-0.3, -0.25) is 9.59 Å². The molecule has 2 aliphatic carbocycles. The molecule has 4 N–H and O–H groups in total. The molecule has 0 aliphatic heterocycles. The molecule has 3 rings (SSSR count). The number of aliphatic hydroxyl groups is 1. The predicted octanol–water partition coefficient (Wildman–Crippen LogP) is 2.76. The summed E-state index contributed by atoms with van der Waals surface area (Å²) in [5, 5.41) is 24.5. The average molecular weight is 380 g/mol. The van der Waals surface area contributed by atoms with Crippen LogP contribution in [0.15, 0.2) is 71.6 Å². The molecule has 146 valence electrons. The Balaban J connectivity index is 1.44. The van der Waals surface area contributed by atoms with Crippen LogP contribution in [0, 0.1) is 11.8 Å². The maximum absolute atomic E-state index is 12.5. The SMILES string of the molecule is CC1C(C(=O)NCCCNC(=O)c2ccc(O)cc2)=CC=C2C=C(O)C=CC21. The zero-order valence-electron chi connectivity index (χ0n) is 15.7. The van der Waals surface area contributed by atoms with Crippen molar-refractivity contribution < 1.29 is 19.8 Å². The lowest BCUT2D eigenvalue weighted by Crippen LogP contribution is -2.34. The van der Waals surface area contributed by atoms with Crippen LogP contribution in [0.2, 0.25) is 0 Å². The van der Waals surface area contributed by atoms with Gasteiger partial charge in [0.15, 0.2) is 0 Å². The molecule has 2 aliphatic rings. The molecule has 2 atom stereocenters. The van der Waals surface area contributed by atoms with Gasteiger partial charge in [-0.1, -0.05) is 25.2 Å². The Morgan fingerprint density at radius 3 is 2.39 bits per heavy atom. The second-order valence-electron chi connectivity index (χ2n) is 6.94. The van der Waals surface area contributed by atoms with Gasteiger partial charge in [0, 0.05) is 30.1 Å². The van der Waals surface area contributed by atoms with Gasteiger partial charge in [0.1, 0.15) is 11.5 Å². The molecule has 2 unspecified atom stereocenters. The smallest absolute Gasteiger partial charge is 0.251 e. The number of phenolic OH excluding ortho intramolecular Hbond substituents is 1. The van der Waals surface area contributed by atoms with Crippen molar-refractivity contribution in [2.45, 2.75) is 13.3 Å². The van der Waals surface area contributed by atoms with Gasteiger partial charge in [0.25, 0.3) is 5.91 Å². The van der Waals surface area contributed by atoms with E-state index < -0.39 is 0 Å². The molecule has 1 aromatic carbocycles. The minimum absolute atomic E-state index is 0.0230. The molecule has 0 saturated heterocycles. The highest BCUT2D eigenvalue weighted by atomic mass is 16.3. The van der Waals surface area contributed by atoms with E-state index in [1.807, 2.05) is 19.1 Å². The number of rotatable bonds is 6. The van der Waals surface area contributed by atoms with Crippen molar-refractivity contribution in [1.29, 1.82) is 0 Å². The lowest BCUT2D eigenvalue weighted by atomic mass is 9.76. The summed E-state index contributed by atoms with van der Waals surface area (Å²) in [7, 11) is 0. The zero-order chi connectivity index (χ0) is 20.1. The number of amides is 2. The summed E-state index contributed by atoms with van der Waals surface area (Å²) in [5.41, 5.74) is 2.19. The van der Waals surface area contributed by atoms with E-state index in [9.17, 15) is 19.8 Å². The Bertz CT molecular complexity index is 878. The highest BCUT2D eigenvalue weighted by Gasteiger charge is 2.29. The fourth-order valence-corrected chi connectivity index (χ4v) is 3.37. The van der Waals surface area contributed by atoms with Gasteiger partial charge in [-0.25, -0.2) is 0 Å². The van der Waals surface area contributed by atoms with E-state index in [1.165, 1.54) is 12.1 Å². The molecule has 0 fully saturated rings. The van der Waals surface area contributed by atoms with E-state index in [0.717, 1.165) is 5.57 Å². The first-order chi connectivity index (χ1) is 13.5. The molecule has 2 amide bonds. The van der Waals surface area contributed by atoms with E-state index in [0.29, 0.717) is 30.6 Å². The number of benzene rings is 1. The molecule has 0 aromatic heterocycles. The minimum atomic E-state index is -0.215. The summed E-state index contributed by atoms with van der Waals surface area (Å²) in [6, 6.07) is 6.04. The molecule has 0 spiro atoms. The lowest BCUT2D eigenvalue weighted by molar-refractivity contribution is -0.118. The number of fused-ring (bicyclic) bond motifs is 1. The number of hydrogen-bond donors (Lipinski definition) is 4. The number of hydrogen-bond acceptors (Lipinski definition) is 4. The third-order valence-electron chi connectivity index (χ3n) is 4.97. The van der Waals surface area contributed by atoms with Gasteiger partial charge in [0.2, 0.25) is 5.91 Å². The highest BCUT2D eigenvalue weighted by molar-refractivity contribution is 5.95. The standard InChI is InChI=1S/C22H24N2O4/c1-14-19-10-8-18(26)13-16(19)5-9-20(14)22(28)24-12-2-11-23-21(27)15-3-6-17(25)7-4-15/h3-10,13-14,19,25-26H,2,11-12H2,1H3,(H,23,27)(H,24,28). The van der Waals surface area contributed by atoms with Gasteiger partial charge in [-0.2, -0.15) is 0 Å². The summed E-state index contributed by atoms with van der Waals surface area (Å²) >= 11 is 0. The van der Waals surface area contributed by atoms with Gasteiger partial charge in [0.05, 0.1) is 0 Å². The Morgan fingerprint density at radius 2 is 1.68 bits per heavy atom. The Kier molecular flexibility index (Phi) is 5.99. The zero-order valence-corrected chi connectivity index (χ0v) is 15.7. The number of carbonyl (C=O) groups excluding carboxylic acids is 2. The van der Waals surface area contributed by atoms with Crippen molar-refractivity contribution >= 4 is 11.8 Å². The molecule has 0 heterocycles. The van der Waals surface area contributed by atoms with Crippen LogP contribution in [-0.4, -0.2) is 35.1 Å². The largest absolute Gasteiger partial charge is 0.508 e. The van der Waals surface area contributed by atoms with Gasteiger partial charge in [-0.15, -0.1) is 0 Å². The van der Waals surface area contributed by atoms with E-state index in [4.69, 9.17) is 0 Å². The molecule has 0 bridgehead atoms.